The number of carbonyl (C=O) groups excluding carboxylic acids is 3. The Labute approximate surface area is 232 Å². The van der Waals surface area contributed by atoms with Crippen molar-refractivity contribution in [2.24, 2.45) is 0 Å². The van der Waals surface area contributed by atoms with Gasteiger partial charge in [-0.2, -0.15) is 0 Å². The molecule has 0 radical (unpaired) electrons. The second-order valence-corrected chi connectivity index (χ2v) is 11.2. The van der Waals surface area contributed by atoms with Crippen LogP contribution >= 0.6 is 0 Å². The number of ether oxygens (including phenoxy) is 2. The van der Waals surface area contributed by atoms with E-state index < -0.39 is 66.9 Å². The molecule has 0 saturated carbocycles. The smallest absolute Gasteiger partial charge is 0.329 e. The molecule has 0 unspecified atom stereocenters. The van der Waals surface area contributed by atoms with E-state index in [1.165, 1.54) is 42.5 Å². The topological polar surface area (TPSA) is 193 Å². The highest BCUT2D eigenvalue weighted by atomic mass is 32.2. The van der Waals surface area contributed by atoms with E-state index in [0.717, 1.165) is 12.3 Å². The quantitative estimate of drug-likeness (QED) is 0.139. The van der Waals surface area contributed by atoms with Crippen LogP contribution in [0, 0.1) is 20.2 Å². The first-order chi connectivity index (χ1) is 19.4. The van der Waals surface area contributed by atoms with E-state index in [4.69, 9.17) is 9.47 Å². The van der Waals surface area contributed by atoms with Gasteiger partial charge in [0.1, 0.15) is 39.5 Å². The van der Waals surface area contributed by atoms with Gasteiger partial charge in [0.05, 0.1) is 21.2 Å². The third kappa shape index (κ3) is 6.52. The molecule has 0 bridgehead atoms. The number of non-ortho nitro benzene ring substituents is 1. The average Bonchev–Trinajstić information content (AvgIpc) is 3.17. The van der Waals surface area contributed by atoms with Crippen LogP contribution in [-0.4, -0.2) is 59.0 Å². The highest BCUT2D eigenvalue weighted by Gasteiger charge is 2.47. The number of hydrogen-bond donors (Lipinski definition) is 0. The zero-order valence-electron chi connectivity index (χ0n) is 21.3. The van der Waals surface area contributed by atoms with Crippen molar-refractivity contribution in [2.45, 2.75) is 19.1 Å². The molecule has 1 aliphatic rings. The Balaban J connectivity index is 1.52. The summed E-state index contributed by atoms with van der Waals surface area (Å²) in [5.74, 6) is -3.12. The standard InChI is InChI=1S/C26H21N3O11S/c1-41(37,38)13-12-22(27-24(30)20-6-3-7-21(29(35)36)23(20)25(27)31)26(32)39-15-16-4-2-5-19(14-16)40-18-10-8-17(9-11-18)28(33)34/h2-11,14,22H,12-13,15H2,1H3/t22-/m1/s1. The number of nitrogens with zero attached hydrogens (tertiary/aromatic N) is 3. The molecule has 0 fully saturated rings. The van der Waals surface area contributed by atoms with E-state index in [1.807, 2.05) is 0 Å². The van der Waals surface area contributed by atoms with Crippen LogP contribution in [-0.2, 0) is 26.0 Å². The van der Waals surface area contributed by atoms with Crippen molar-refractivity contribution >= 4 is 39.0 Å². The van der Waals surface area contributed by atoms with E-state index in [0.29, 0.717) is 22.0 Å². The maximum Gasteiger partial charge on any atom is 0.329 e. The summed E-state index contributed by atoms with van der Waals surface area (Å²) in [5, 5.41) is 22.3. The van der Waals surface area contributed by atoms with Gasteiger partial charge in [0, 0.05) is 24.5 Å². The van der Waals surface area contributed by atoms with Crippen LogP contribution in [0.25, 0.3) is 0 Å². The van der Waals surface area contributed by atoms with Gasteiger partial charge in [0.25, 0.3) is 23.2 Å². The Hall–Kier alpha value is -5.18. The molecule has 4 rings (SSSR count). The molecule has 1 heterocycles. The van der Waals surface area contributed by atoms with E-state index in [-0.39, 0.29) is 17.9 Å². The summed E-state index contributed by atoms with van der Waals surface area (Å²) in [6, 6.07) is 13.4. The molecular weight excluding hydrogens is 562 g/mol. The summed E-state index contributed by atoms with van der Waals surface area (Å²) in [4.78, 5) is 60.8. The van der Waals surface area contributed by atoms with Gasteiger partial charge < -0.3 is 9.47 Å². The van der Waals surface area contributed by atoms with Gasteiger partial charge in [0.2, 0.25) is 0 Å². The van der Waals surface area contributed by atoms with Crippen LogP contribution < -0.4 is 4.74 Å². The Morgan fingerprint density at radius 3 is 2.24 bits per heavy atom. The Morgan fingerprint density at radius 2 is 1.61 bits per heavy atom. The monoisotopic (exact) mass is 583 g/mol. The van der Waals surface area contributed by atoms with E-state index in [9.17, 15) is 43.0 Å². The molecule has 0 aromatic heterocycles. The van der Waals surface area contributed by atoms with Gasteiger partial charge in [0.15, 0.2) is 0 Å². The normalized spacial score (nSPS) is 13.4. The summed E-state index contributed by atoms with van der Waals surface area (Å²) in [6.07, 6.45) is 0.430. The summed E-state index contributed by atoms with van der Waals surface area (Å²) in [5.41, 5.74) is -1.08. The molecule has 1 atom stereocenters. The largest absolute Gasteiger partial charge is 0.459 e. The number of nitro benzene ring substituents is 2. The number of sulfone groups is 1. The van der Waals surface area contributed by atoms with Crippen LogP contribution in [0.15, 0.2) is 66.7 Å². The van der Waals surface area contributed by atoms with Crippen molar-refractivity contribution in [3.8, 4) is 11.5 Å². The average molecular weight is 584 g/mol. The number of hydrogen-bond acceptors (Lipinski definition) is 11. The number of benzene rings is 3. The first-order valence-electron chi connectivity index (χ1n) is 11.9. The lowest BCUT2D eigenvalue weighted by Crippen LogP contribution is -2.46. The molecule has 0 saturated heterocycles. The maximum atomic E-state index is 13.2. The fraction of sp³-hybridized carbons (Fsp3) is 0.192. The van der Waals surface area contributed by atoms with Crippen molar-refractivity contribution in [2.75, 3.05) is 12.0 Å². The summed E-state index contributed by atoms with van der Waals surface area (Å²) < 4.78 is 34.7. The van der Waals surface area contributed by atoms with Gasteiger partial charge in [-0.25, -0.2) is 13.2 Å². The fourth-order valence-corrected chi connectivity index (χ4v) is 4.77. The van der Waals surface area contributed by atoms with Crippen molar-refractivity contribution in [3.05, 3.63) is 104 Å². The van der Waals surface area contributed by atoms with E-state index >= 15 is 0 Å². The number of nitro groups is 2. The highest BCUT2D eigenvalue weighted by Crippen LogP contribution is 2.33. The minimum absolute atomic E-state index is 0.115. The zero-order valence-corrected chi connectivity index (χ0v) is 22.1. The molecule has 41 heavy (non-hydrogen) atoms. The molecule has 3 aromatic rings. The maximum absolute atomic E-state index is 13.2. The molecule has 14 nitrogen and oxygen atoms in total. The zero-order chi connectivity index (χ0) is 29.9. The lowest BCUT2D eigenvalue weighted by atomic mass is 10.1. The predicted octanol–water partition coefficient (Wildman–Crippen LogP) is 3.44. The first kappa shape index (κ1) is 28.8. The molecule has 0 N–H and O–H groups in total. The van der Waals surface area contributed by atoms with Gasteiger partial charge in [-0.15, -0.1) is 0 Å². The molecule has 0 spiro atoms. The molecule has 212 valence electrons. The number of imide groups is 1. The SMILES string of the molecule is CS(=O)(=O)CC[C@H](C(=O)OCc1cccc(Oc2ccc([N+](=O)[O-])cc2)c1)N1C(=O)c2cccc([N+](=O)[O-])c2C1=O. The minimum atomic E-state index is -3.64. The Kier molecular flexibility index (Phi) is 8.09. The van der Waals surface area contributed by atoms with Crippen LogP contribution in [0.3, 0.4) is 0 Å². The van der Waals surface area contributed by atoms with Gasteiger partial charge in [-0.3, -0.25) is 34.7 Å². The van der Waals surface area contributed by atoms with Gasteiger partial charge >= 0.3 is 5.97 Å². The molecule has 1 aliphatic heterocycles. The number of rotatable bonds is 11. The number of esters is 1. The third-order valence-corrected chi connectivity index (χ3v) is 7.01. The highest BCUT2D eigenvalue weighted by molar-refractivity contribution is 7.90. The van der Waals surface area contributed by atoms with Crippen molar-refractivity contribution < 1.29 is 42.1 Å². The molecule has 0 aliphatic carbocycles. The Morgan fingerprint density at radius 1 is 0.927 bits per heavy atom. The van der Waals surface area contributed by atoms with Gasteiger partial charge in [-0.1, -0.05) is 18.2 Å². The number of fused-ring (bicyclic) bond motifs is 1. The van der Waals surface area contributed by atoms with E-state index in [1.54, 1.807) is 18.2 Å². The van der Waals surface area contributed by atoms with Crippen LogP contribution in [0.2, 0.25) is 0 Å². The second kappa shape index (κ2) is 11.5. The second-order valence-electron chi connectivity index (χ2n) is 8.98. The molecular formula is C26H21N3O11S. The van der Waals surface area contributed by atoms with Crippen LogP contribution in [0.1, 0.15) is 32.7 Å². The summed E-state index contributed by atoms with van der Waals surface area (Å²) in [7, 11) is -3.64. The summed E-state index contributed by atoms with van der Waals surface area (Å²) in [6.45, 7) is -0.352. The summed E-state index contributed by atoms with van der Waals surface area (Å²) >= 11 is 0. The van der Waals surface area contributed by atoms with Crippen LogP contribution in [0.5, 0.6) is 11.5 Å². The lowest BCUT2D eigenvalue weighted by Gasteiger charge is -2.24. The van der Waals surface area contributed by atoms with Crippen molar-refractivity contribution in [1.82, 2.24) is 4.90 Å². The predicted molar refractivity (Wildman–Crippen MR) is 141 cm³/mol. The minimum Gasteiger partial charge on any atom is -0.459 e. The van der Waals surface area contributed by atoms with E-state index in [2.05, 4.69) is 0 Å². The Bertz CT molecular complexity index is 1670. The number of carbonyl (C=O) groups is 3. The lowest BCUT2D eigenvalue weighted by molar-refractivity contribution is -0.385. The molecule has 2 amide bonds. The van der Waals surface area contributed by atoms with Crippen molar-refractivity contribution in [1.29, 1.82) is 0 Å². The third-order valence-electron chi connectivity index (χ3n) is 6.03. The number of amides is 2. The first-order valence-corrected chi connectivity index (χ1v) is 13.9. The fourth-order valence-electron chi connectivity index (χ4n) is 4.12. The molecule has 3 aromatic carbocycles. The van der Waals surface area contributed by atoms with Crippen LogP contribution in [0.4, 0.5) is 11.4 Å². The van der Waals surface area contributed by atoms with Crippen molar-refractivity contribution in [3.63, 3.8) is 0 Å². The molecule has 15 heteroatoms. The van der Waals surface area contributed by atoms with Gasteiger partial charge in [-0.05, 0) is 42.3 Å².